The molecule has 0 N–H and O–H groups in total. The first-order valence-electron chi connectivity index (χ1n) is 9.56. The van der Waals surface area contributed by atoms with Gasteiger partial charge in [-0.05, 0) is 54.1 Å². The van der Waals surface area contributed by atoms with Gasteiger partial charge >= 0.3 is 0 Å². The number of carbonyl (C=O) groups excluding carboxylic acids is 1. The molecule has 6 nitrogen and oxygen atoms in total. The van der Waals surface area contributed by atoms with E-state index in [0.717, 1.165) is 11.3 Å². The van der Waals surface area contributed by atoms with Gasteiger partial charge in [0, 0.05) is 11.8 Å². The normalized spacial score (nSPS) is 12.6. The Hall–Kier alpha value is -3.80. The Kier molecular flexibility index (Phi) is 5.94. The summed E-state index contributed by atoms with van der Waals surface area (Å²) in [6, 6.07) is 16.4. The van der Waals surface area contributed by atoms with Crippen molar-refractivity contribution in [2.75, 3.05) is 26.9 Å². The lowest BCUT2D eigenvalue weighted by atomic mass is 10.1. The third kappa shape index (κ3) is 4.60. The summed E-state index contributed by atoms with van der Waals surface area (Å²) in [7, 11) is 1.57. The number of benzene rings is 2. The lowest BCUT2D eigenvalue weighted by molar-refractivity contribution is 0.0918. The summed E-state index contributed by atoms with van der Waals surface area (Å²) in [5.41, 5.74) is 2.30. The van der Waals surface area contributed by atoms with Crippen molar-refractivity contribution in [1.82, 2.24) is 4.98 Å². The van der Waals surface area contributed by atoms with Gasteiger partial charge in [0.15, 0.2) is 35.4 Å². The van der Waals surface area contributed by atoms with Gasteiger partial charge in [-0.25, -0.2) is 0 Å². The SMILES string of the molecule is COc1cc(/C=C/c2ccccn2)ccc1OCC(=O)c1ccc2c(c1)OCCO2. The van der Waals surface area contributed by atoms with Crippen LogP contribution in [0, 0.1) is 0 Å². The quantitative estimate of drug-likeness (QED) is 0.548. The highest BCUT2D eigenvalue weighted by Crippen LogP contribution is 2.32. The Bertz CT molecular complexity index is 1060. The Morgan fingerprint density at radius 1 is 1.00 bits per heavy atom. The molecule has 0 spiro atoms. The van der Waals surface area contributed by atoms with E-state index in [1.807, 2.05) is 42.5 Å². The maximum atomic E-state index is 12.5. The van der Waals surface area contributed by atoms with Gasteiger partial charge in [-0.15, -0.1) is 0 Å². The van der Waals surface area contributed by atoms with E-state index in [2.05, 4.69) is 4.98 Å². The highest BCUT2D eigenvalue weighted by atomic mass is 16.6. The number of carbonyl (C=O) groups is 1. The minimum atomic E-state index is -0.159. The van der Waals surface area contributed by atoms with Crippen LogP contribution in [0.4, 0.5) is 0 Å². The van der Waals surface area contributed by atoms with E-state index in [0.29, 0.717) is 41.8 Å². The minimum absolute atomic E-state index is 0.112. The molecule has 0 atom stereocenters. The van der Waals surface area contributed by atoms with E-state index in [-0.39, 0.29) is 12.4 Å². The van der Waals surface area contributed by atoms with E-state index >= 15 is 0 Å². The number of nitrogens with zero attached hydrogens (tertiary/aromatic N) is 1. The standard InChI is InChI=1S/C24H21NO5/c1-27-23-14-17(5-8-19-4-2-3-11-25-19)6-9-21(23)30-16-20(26)18-7-10-22-24(15-18)29-13-12-28-22/h2-11,14-15H,12-13,16H2,1H3/b8-5+. The maximum absolute atomic E-state index is 12.5. The molecule has 1 aromatic heterocycles. The van der Waals surface area contributed by atoms with Crippen molar-refractivity contribution in [3.63, 3.8) is 0 Å². The molecule has 0 fully saturated rings. The van der Waals surface area contributed by atoms with Crippen LogP contribution in [-0.2, 0) is 0 Å². The molecule has 0 saturated carbocycles. The second-order valence-electron chi connectivity index (χ2n) is 6.57. The molecular weight excluding hydrogens is 382 g/mol. The second-order valence-corrected chi connectivity index (χ2v) is 6.57. The van der Waals surface area contributed by atoms with Crippen molar-refractivity contribution in [2.24, 2.45) is 0 Å². The number of pyridine rings is 1. The smallest absolute Gasteiger partial charge is 0.200 e. The van der Waals surface area contributed by atoms with Gasteiger partial charge in [0.1, 0.15) is 13.2 Å². The van der Waals surface area contributed by atoms with Gasteiger partial charge in [0.25, 0.3) is 0 Å². The van der Waals surface area contributed by atoms with Crippen LogP contribution in [0.25, 0.3) is 12.2 Å². The number of ketones is 1. The Morgan fingerprint density at radius 2 is 1.87 bits per heavy atom. The summed E-state index contributed by atoms with van der Waals surface area (Å²) in [5, 5.41) is 0. The van der Waals surface area contributed by atoms with Crippen LogP contribution in [0.1, 0.15) is 21.6 Å². The van der Waals surface area contributed by atoms with E-state index in [1.54, 1.807) is 37.6 Å². The summed E-state index contributed by atoms with van der Waals surface area (Å²) in [5.74, 6) is 2.11. The number of ether oxygens (including phenoxy) is 4. The van der Waals surface area contributed by atoms with Crippen LogP contribution in [0.5, 0.6) is 23.0 Å². The zero-order valence-electron chi connectivity index (χ0n) is 16.5. The number of hydrogen-bond donors (Lipinski definition) is 0. The topological polar surface area (TPSA) is 66.9 Å². The lowest BCUT2D eigenvalue weighted by Gasteiger charge is -2.18. The van der Waals surface area contributed by atoms with Crippen LogP contribution in [0.3, 0.4) is 0 Å². The number of hydrogen-bond acceptors (Lipinski definition) is 6. The molecule has 0 amide bonds. The molecule has 2 aromatic carbocycles. The minimum Gasteiger partial charge on any atom is -0.493 e. The molecule has 30 heavy (non-hydrogen) atoms. The summed E-state index contributed by atoms with van der Waals surface area (Å²) < 4.78 is 22.2. The first kappa shape index (κ1) is 19.5. The van der Waals surface area contributed by atoms with Gasteiger partial charge in [-0.3, -0.25) is 9.78 Å². The number of methoxy groups -OCH3 is 1. The fraction of sp³-hybridized carbons (Fsp3) is 0.167. The van der Waals surface area contributed by atoms with Crippen LogP contribution >= 0.6 is 0 Å². The fourth-order valence-electron chi connectivity index (χ4n) is 3.01. The molecule has 2 heterocycles. The van der Waals surface area contributed by atoms with Crippen molar-refractivity contribution in [3.8, 4) is 23.0 Å². The van der Waals surface area contributed by atoms with Crippen molar-refractivity contribution in [3.05, 3.63) is 77.6 Å². The van der Waals surface area contributed by atoms with E-state index in [9.17, 15) is 4.79 Å². The third-order valence-electron chi connectivity index (χ3n) is 4.54. The lowest BCUT2D eigenvalue weighted by Crippen LogP contribution is -2.17. The molecule has 0 unspecified atom stereocenters. The first-order chi connectivity index (χ1) is 14.7. The first-order valence-corrected chi connectivity index (χ1v) is 9.56. The van der Waals surface area contributed by atoms with E-state index < -0.39 is 0 Å². The number of aromatic nitrogens is 1. The van der Waals surface area contributed by atoms with Gasteiger partial charge in [-0.1, -0.05) is 18.2 Å². The molecule has 0 bridgehead atoms. The molecule has 1 aliphatic heterocycles. The predicted octanol–water partition coefficient (Wildman–Crippen LogP) is 4.29. The molecule has 3 aromatic rings. The maximum Gasteiger partial charge on any atom is 0.200 e. The summed E-state index contributed by atoms with van der Waals surface area (Å²) in [6.07, 6.45) is 5.60. The van der Waals surface area contributed by atoms with Gasteiger partial charge in [0.2, 0.25) is 0 Å². The summed E-state index contributed by atoms with van der Waals surface area (Å²) in [6.45, 7) is 0.870. The second kappa shape index (κ2) is 9.13. The average molecular weight is 403 g/mol. The van der Waals surface area contributed by atoms with Gasteiger partial charge in [0.05, 0.1) is 12.8 Å². The highest BCUT2D eigenvalue weighted by molar-refractivity contribution is 5.97. The Balaban J connectivity index is 1.43. The molecule has 0 aliphatic carbocycles. The summed E-state index contributed by atoms with van der Waals surface area (Å²) in [4.78, 5) is 16.8. The monoisotopic (exact) mass is 403 g/mol. The molecule has 1 aliphatic rings. The van der Waals surface area contributed by atoms with Crippen LogP contribution < -0.4 is 18.9 Å². The molecule has 0 saturated heterocycles. The average Bonchev–Trinajstić information content (AvgIpc) is 2.81. The van der Waals surface area contributed by atoms with Crippen LogP contribution in [0.2, 0.25) is 0 Å². The Labute approximate surface area is 174 Å². The van der Waals surface area contributed by atoms with Crippen LogP contribution in [-0.4, -0.2) is 37.7 Å². The molecular formula is C24H21NO5. The van der Waals surface area contributed by atoms with E-state index in [4.69, 9.17) is 18.9 Å². The van der Waals surface area contributed by atoms with Crippen LogP contribution in [0.15, 0.2) is 60.8 Å². The van der Waals surface area contributed by atoms with Gasteiger partial charge in [-0.2, -0.15) is 0 Å². The number of Topliss-reactive ketones (excluding diaryl/α,β-unsaturated/α-hetero) is 1. The zero-order chi connectivity index (χ0) is 20.8. The molecule has 4 rings (SSSR count). The largest absolute Gasteiger partial charge is 0.493 e. The summed E-state index contributed by atoms with van der Waals surface area (Å²) >= 11 is 0. The zero-order valence-corrected chi connectivity index (χ0v) is 16.5. The number of fused-ring (bicyclic) bond motifs is 1. The van der Waals surface area contributed by atoms with E-state index in [1.165, 1.54) is 0 Å². The molecule has 6 heteroatoms. The molecule has 0 radical (unpaired) electrons. The van der Waals surface area contributed by atoms with Crippen molar-refractivity contribution < 1.29 is 23.7 Å². The van der Waals surface area contributed by atoms with Crippen molar-refractivity contribution in [2.45, 2.75) is 0 Å². The van der Waals surface area contributed by atoms with Crippen molar-refractivity contribution >= 4 is 17.9 Å². The van der Waals surface area contributed by atoms with Crippen molar-refractivity contribution in [1.29, 1.82) is 0 Å². The number of rotatable bonds is 7. The third-order valence-corrected chi connectivity index (χ3v) is 4.54. The Morgan fingerprint density at radius 3 is 2.67 bits per heavy atom. The van der Waals surface area contributed by atoms with Gasteiger partial charge < -0.3 is 18.9 Å². The highest BCUT2D eigenvalue weighted by Gasteiger charge is 2.16. The predicted molar refractivity (Wildman–Crippen MR) is 113 cm³/mol. The molecule has 152 valence electrons. The fourth-order valence-corrected chi connectivity index (χ4v) is 3.01.